The highest BCUT2D eigenvalue weighted by Crippen LogP contribution is 2.29. The molecule has 1 aliphatic rings. The first-order valence-electron chi connectivity index (χ1n) is 6.39. The summed E-state index contributed by atoms with van der Waals surface area (Å²) in [6, 6.07) is 12.0. The fraction of sp³-hybridized carbons (Fsp3) is 0.429. The number of benzene rings is 1. The molecule has 0 aromatic heterocycles. The summed E-state index contributed by atoms with van der Waals surface area (Å²) in [6.45, 7) is 0.730. The molecule has 1 amide bonds. The van der Waals surface area contributed by atoms with E-state index in [1.165, 1.54) is 0 Å². The SMILES string of the molecule is N#CC(c1ccccc1)C1CCCCN1NC(=O)Cl. The number of rotatable bonds is 3. The van der Waals surface area contributed by atoms with E-state index in [9.17, 15) is 10.1 Å². The number of hydrogen-bond donors (Lipinski definition) is 1. The van der Waals surface area contributed by atoms with Crippen LogP contribution in [-0.2, 0) is 0 Å². The molecule has 2 unspecified atom stereocenters. The molecule has 19 heavy (non-hydrogen) atoms. The second-order valence-electron chi connectivity index (χ2n) is 4.66. The molecular weight excluding hydrogens is 262 g/mol. The third kappa shape index (κ3) is 3.46. The molecule has 1 aromatic rings. The van der Waals surface area contributed by atoms with Crippen LogP contribution in [0.5, 0.6) is 0 Å². The Morgan fingerprint density at radius 1 is 1.42 bits per heavy atom. The molecule has 0 spiro atoms. The highest BCUT2D eigenvalue weighted by atomic mass is 35.5. The van der Waals surface area contributed by atoms with Crippen molar-refractivity contribution < 1.29 is 4.79 Å². The van der Waals surface area contributed by atoms with Crippen LogP contribution in [0.25, 0.3) is 0 Å². The van der Waals surface area contributed by atoms with E-state index in [0.717, 1.165) is 31.4 Å². The zero-order valence-corrected chi connectivity index (χ0v) is 11.3. The van der Waals surface area contributed by atoms with Crippen molar-refractivity contribution in [3.05, 3.63) is 35.9 Å². The molecule has 2 atom stereocenters. The number of carbonyl (C=O) groups excluding carboxylic acids is 1. The Morgan fingerprint density at radius 2 is 2.16 bits per heavy atom. The smallest absolute Gasteiger partial charge is 0.275 e. The van der Waals surface area contributed by atoms with E-state index in [-0.39, 0.29) is 12.0 Å². The standard InChI is InChI=1S/C14H16ClN3O/c15-14(19)17-18-9-5-4-8-13(18)12(10-16)11-6-2-1-3-7-11/h1-3,6-7,12-13H,4-5,8-9H2,(H,17,19). The zero-order chi connectivity index (χ0) is 13.7. The van der Waals surface area contributed by atoms with Crippen molar-refractivity contribution in [2.24, 2.45) is 0 Å². The molecule has 1 heterocycles. The first kappa shape index (κ1) is 13.9. The number of nitriles is 1. The van der Waals surface area contributed by atoms with Crippen LogP contribution in [0, 0.1) is 11.3 Å². The van der Waals surface area contributed by atoms with Gasteiger partial charge in [0, 0.05) is 12.6 Å². The lowest BCUT2D eigenvalue weighted by Crippen LogP contribution is -2.51. The highest BCUT2D eigenvalue weighted by Gasteiger charge is 2.31. The molecule has 4 nitrogen and oxygen atoms in total. The molecule has 0 bridgehead atoms. The van der Waals surface area contributed by atoms with Crippen LogP contribution in [0.3, 0.4) is 0 Å². The van der Waals surface area contributed by atoms with E-state index in [2.05, 4.69) is 11.5 Å². The third-order valence-corrected chi connectivity index (χ3v) is 3.55. The quantitative estimate of drug-likeness (QED) is 0.682. The molecule has 0 aliphatic carbocycles. The average molecular weight is 278 g/mol. The van der Waals surface area contributed by atoms with E-state index in [1.54, 1.807) is 5.01 Å². The van der Waals surface area contributed by atoms with E-state index in [0.29, 0.717) is 0 Å². The van der Waals surface area contributed by atoms with Gasteiger partial charge in [0.1, 0.15) is 0 Å². The Bertz CT molecular complexity index is 471. The summed E-state index contributed by atoms with van der Waals surface area (Å²) < 4.78 is 0. The summed E-state index contributed by atoms with van der Waals surface area (Å²) in [4.78, 5) is 11.0. The van der Waals surface area contributed by atoms with Gasteiger partial charge >= 0.3 is 5.37 Å². The van der Waals surface area contributed by atoms with Crippen LogP contribution < -0.4 is 5.43 Å². The van der Waals surface area contributed by atoms with Crippen molar-refractivity contribution in [3.8, 4) is 6.07 Å². The number of hydrazine groups is 1. The summed E-state index contributed by atoms with van der Waals surface area (Å²) in [7, 11) is 0. The van der Waals surface area contributed by atoms with Crippen LogP contribution in [0.4, 0.5) is 4.79 Å². The number of nitrogens with zero attached hydrogens (tertiary/aromatic N) is 2. The maximum absolute atomic E-state index is 11.0. The van der Waals surface area contributed by atoms with Crippen LogP contribution in [0.15, 0.2) is 30.3 Å². The summed E-state index contributed by atoms with van der Waals surface area (Å²) in [5, 5.41) is 10.7. The van der Waals surface area contributed by atoms with Crippen LogP contribution in [-0.4, -0.2) is 23.0 Å². The van der Waals surface area contributed by atoms with Gasteiger partial charge in [0.2, 0.25) is 0 Å². The third-order valence-electron chi connectivity index (χ3n) is 3.46. The molecule has 1 aliphatic heterocycles. The topological polar surface area (TPSA) is 56.1 Å². The maximum atomic E-state index is 11.0. The number of piperidine rings is 1. The lowest BCUT2D eigenvalue weighted by molar-refractivity contribution is 0.0962. The lowest BCUT2D eigenvalue weighted by atomic mass is 9.87. The number of nitrogens with one attached hydrogen (secondary N) is 1. The minimum Gasteiger partial charge on any atom is -0.275 e. The van der Waals surface area contributed by atoms with E-state index >= 15 is 0 Å². The number of hydrogen-bond acceptors (Lipinski definition) is 3. The van der Waals surface area contributed by atoms with Gasteiger partial charge in [0.15, 0.2) is 0 Å². The molecule has 0 saturated carbocycles. The van der Waals surface area contributed by atoms with E-state index < -0.39 is 5.37 Å². The minimum absolute atomic E-state index is 0.0242. The van der Waals surface area contributed by atoms with Gasteiger partial charge in [-0.25, -0.2) is 5.01 Å². The van der Waals surface area contributed by atoms with Gasteiger partial charge in [-0.2, -0.15) is 5.26 Å². The Morgan fingerprint density at radius 3 is 2.79 bits per heavy atom. The second kappa shape index (κ2) is 6.55. The Hall–Kier alpha value is -1.57. The molecule has 100 valence electrons. The number of halogens is 1. The van der Waals surface area contributed by atoms with Gasteiger partial charge in [0.05, 0.1) is 12.0 Å². The zero-order valence-electron chi connectivity index (χ0n) is 10.6. The lowest BCUT2D eigenvalue weighted by Gasteiger charge is -2.37. The van der Waals surface area contributed by atoms with Gasteiger partial charge in [-0.1, -0.05) is 36.8 Å². The summed E-state index contributed by atoms with van der Waals surface area (Å²) in [5.41, 5.74) is 3.60. The van der Waals surface area contributed by atoms with E-state index in [4.69, 9.17) is 11.6 Å². The number of carbonyl (C=O) groups is 1. The summed E-state index contributed by atoms with van der Waals surface area (Å²) in [5.74, 6) is -0.259. The second-order valence-corrected chi connectivity index (χ2v) is 5.00. The molecule has 0 radical (unpaired) electrons. The van der Waals surface area contributed by atoms with Crippen LogP contribution in [0.1, 0.15) is 30.7 Å². The predicted octanol–water partition coefficient (Wildman–Crippen LogP) is 3.01. The molecule has 2 rings (SSSR count). The first-order valence-corrected chi connectivity index (χ1v) is 6.77. The van der Waals surface area contributed by atoms with Crippen LogP contribution in [0.2, 0.25) is 0 Å². The van der Waals surface area contributed by atoms with Crippen molar-refractivity contribution in [2.75, 3.05) is 6.54 Å². The van der Waals surface area contributed by atoms with Crippen molar-refractivity contribution in [3.63, 3.8) is 0 Å². The minimum atomic E-state index is -0.600. The Kier molecular flexibility index (Phi) is 4.78. The fourth-order valence-electron chi connectivity index (χ4n) is 2.60. The predicted molar refractivity (Wildman–Crippen MR) is 73.5 cm³/mol. The Labute approximate surface area is 117 Å². The molecule has 1 fully saturated rings. The van der Waals surface area contributed by atoms with Gasteiger partial charge in [-0.3, -0.25) is 10.2 Å². The first-order chi connectivity index (χ1) is 9.22. The highest BCUT2D eigenvalue weighted by molar-refractivity contribution is 6.62. The average Bonchev–Trinajstić information content (AvgIpc) is 2.42. The molecule has 1 aromatic carbocycles. The van der Waals surface area contributed by atoms with Gasteiger partial charge < -0.3 is 0 Å². The van der Waals surface area contributed by atoms with Crippen molar-refractivity contribution >= 4 is 17.0 Å². The maximum Gasteiger partial charge on any atom is 0.328 e. The Balaban J connectivity index is 2.20. The van der Waals surface area contributed by atoms with Gasteiger partial charge in [0.25, 0.3) is 0 Å². The number of amides is 1. The van der Waals surface area contributed by atoms with Crippen molar-refractivity contribution in [1.82, 2.24) is 10.4 Å². The van der Waals surface area contributed by atoms with E-state index in [1.807, 2.05) is 30.3 Å². The summed E-state index contributed by atoms with van der Waals surface area (Å²) in [6.07, 6.45) is 2.94. The molecule has 1 N–H and O–H groups in total. The largest absolute Gasteiger partial charge is 0.328 e. The normalized spacial score (nSPS) is 21.4. The van der Waals surface area contributed by atoms with Gasteiger partial charge in [-0.15, -0.1) is 0 Å². The molecule has 5 heteroatoms. The molecular formula is C14H16ClN3O. The van der Waals surface area contributed by atoms with Crippen molar-refractivity contribution in [2.45, 2.75) is 31.2 Å². The monoisotopic (exact) mass is 277 g/mol. The summed E-state index contributed by atoms with van der Waals surface area (Å²) >= 11 is 5.40. The fourth-order valence-corrected chi connectivity index (χ4v) is 2.71. The van der Waals surface area contributed by atoms with Crippen LogP contribution >= 0.6 is 11.6 Å². The van der Waals surface area contributed by atoms with Gasteiger partial charge in [-0.05, 0) is 30.0 Å². The van der Waals surface area contributed by atoms with Crippen molar-refractivity contribution in [1.29, 1.82) is 5.26 Å². The molecule has 1 saturated heterocycles.